The minimum Gasteiger partial charge on any atom is -0.311 e. The molecule has 0 radical (unpaired) electrons. The van der Waals surface area contributed by atoms with Crippen molar-refractivity contribution in [3.05, 3.63) is 144 Å². The van der Waals surface area contributed by atoms with E-state index < -0.39 is 0 Å². The monoisotopic (exact) mass is 495 g/mol. The minimum atomic E-state index is -0.239. The maximum Gasteiger partial charge on any atom is 0.261 e. The number of carbonyl (C=O) groups excluding carboxylic acids is 2. The lowest BCUT2D eigenvalue weighted by molar-refractivity contribution is 0.0656. The zero-order valence-corrected chi connectivity index (χ0v) is 20.7. The molecule has 2 amide bonds. The summed E-state index contributed by atoms with van der Waals surface area (Å²) < 4.78 is 0. The molecular formula is C33H25N3O2. The highest BCUT2D eigenvalue weighted by molar-refractivity contribution is 6.21. The lowest BCUT2D eigenvalue weighted by atomic mass is 10.00. The van der Waals surface area contributed by atoms with Crippen molar-refractivity contribution in [1.29, 1.82) is 0 Å². The smallest absolute Gasteiger partial charge is 0.261 e. The second-order valence-electron chi connectivity index (χ2n) is 9.18. The molecule has 184 valence electrons. The van der Waals surface area contributed by atoms with Crippen molar-refractivity contribution in [3.63, 3.8) is 0 Å². The number of para-hydroxylation sites is 2. The summed E-state index contributed by atoms with van der Waals surface area (Å²) in [6.07, 6.45) is 4.03. The summed E-state index contributed by atoms with van der Waals surface area (Å²) >= 11 is 0. The van der Waals surface area contributed by atoms with E-state index in [2.05, 4.69) is 58.4 Å². The van der Waals surface area contributed by atoms with Crippen LogP contribution >= 0.6 is 0 Å². The van der Waals surface area contributed by atoms with Gasteiger partial charge in [0.2, 0.25) is 0 Å². The summed E-state index contributed by atoms with van der Waals surface area (Å²) in [6, 6.07) is 38.1. The van der Waals surface area contributed by atoms with E-state index in [0.717, 1.165) is 33.8 Å². The first-order valence-electron chi connectivity index (χ1n) is 12.6. The van der Waals surface area contributed by atoms with E-state index >= 15 is 0 Å². The molecule has 1 aliphatic heterocycles. The number of amides is 2. The zero-order chi connectivity index (χ0) is 25.9. The highest BCUT2D eigenvalue weighted by Gasteiger charge is 2.35. The van der Waals surface area contributed by atoms with Crippen LogP contribution in [0.5, 0.6) is 0 Å². The van der Waals surface area contributed by atoms with Gasteiger partial charge < -0.3 is 4.90 Å². The Balaban J connectivity index is 1.26. The molecule has 4 aromatic carbocycles. The Kier molecular flexibility index (Phi) is 6.24. The number of fused-ring (bicyclic) bond motifs is 1. The minimum absolute atomic E-state index is 0.234. The topological polar surface area (TPSA) is 53.5 Å². The van der Waals surface area contributed by atoms with Crippen LogP contribution in [0.3, 0.4) is 0 Å². The van der Waals surface area contributed by atoms with Gasteiger partial charge in [0.05, 0.1) is 11.1 Å². The summed E-state index contributed by atoms with van der Waals surface area (Å²) in [4.78, 5) is 33.7. The molecule has 5 heteroatoms. The number of nitrogens with zero attached hydrogens (tertiary/aromatic N) is 3. The van der Waals surface area contributed by atoms with E-state index in [1.54, 1.807) is 18.5 Å². The Bertz CT molecular complexity index is 1550. The van der Waals surface area contributed by atoms with E-state index in [0.29, 0.717) is 24.1 Å². The normalized spacial score (nSPS) is 12.5. The zero-order valence-electron chi connectivity index (χ0n) is 20.7. The van der Waals surface area contributed by atoms with Crippen molar-refractivity contribution in [2.45, 2.75) is 6.42 Å². The molecule has 6 rings (SSSR count). The van der Waals surface area contributed by atoms with Crippen LogP contribution in [0.1, 0.15) is 26.3 Å². The third-order valence-corrected chi connectivity index (χ3v) is 6.83. The quantitative estimate of drug-likeness (QED) is 0.227. The van der Waals surface area contributed by atoms with Crippen LogP contribution in [0.4, 0.5) is 17.1 Å². The molecule has 0 unspecified atom stereocenters. The van der Waals surface area contributed by atoms with Gasteiger partial charge in [-0.2, -0.15) is 0 Å². The number of imide groups is 1. The molecule has 0 atom stereocenters. The molecule has 0 saturated heterocycles. The first-order chi connectivity index (χ1) is 18.7. The third kappa shape index (κ3) is 4.46. The van der Waals surface area contributed by atoms with E-state index in [1.165, 1.54) is 4.90 Å². The van der Waals surface area contributed by atoms with Crippen LogP contribution < -0.4 is 4.90 Å². The highest BCUT2D eigenvalue weighted by Crippen LogP contribution is 2.36. The van der Waals surface area contributed by atoms with Gasteiger partial charge in [0.25, 0.3) is 11.8 Å². The summed E-state index contributed by atoms with van der Waals surface area (Å²) in [5.41, 5.74) is 7.01. The number of hydrogen-bond donors (Lipinski definition) is 0. The maximum atomic E-state index is 13.2. The van der Waals surface area contributed by atoms with Gasteiger partial charge in [-0.05, 0) is 83.8 Å². The van der Waals surface area contributed by atoms with Gasteiger partial charge in [0, 0.05) is 36.0 Å². The van der Waals surface area contributed by atoms with Crippen molar-refractivity contribution in [2.24, 2.45) is 0 Å². The highest BCUT2D eigenvalue weighted by atomic mass is 16.2. The second-order valence-corrected chi connectivity index (χ2v) is 9.18. The fourth-order valence-electron chi connectivity index (χ4n) is 4.87. The van der Waals surface area contributed by atoms with E-state index in [4.69, 9.17) is 0 Å². The molecule has 1 aliphatic rings. The Labute approximate surface area is 221 Å². The Morgan fingerprint density at radius 1 is 0.579 bits per heavy atom. The van der Waals surface area contributed by atoms with Crippen LogP contribution in [0.2, 0.25) is 0 Å². The van der Waals surface area contributed by atoms with E-state index in [1.807, 2.05) is 60.7 Å². The van der Waals surface area contributed by atoms with Gasteiger partial charge in [-0.1, -0.05) is 54.6 Å². The number of anilines is 3. The van der Waals surface area contributed by atoms with Crippen LogP contribution in [0.25, 0.3) is 11.1 Å². The first-order valence-corrected chi connectivity index (χ1v) is 12.6. The fourth-order valence-corrected chi connectivity index (χ4v) is 4.87. The van der Waals surface area contributed by atoms with Crippen LogP contribution in [-0.4, -0.2) is 28.2 Å². The summed E-state index contributed by atoms with van der Waals surface area (Å²) in [7, 11) is 0. The van der Waals surface area contributed by atoms with Crippen molar-refractivity contribution >= 4 is 28.9 Å². The molecule has 1 aromatic heterocycles. The van der Waals surface area contributed by atoms with E-state index in [9.17, 15) is 9.59 Å². The SMILES string of the molecule is O=C1c2ccc(-c3ccc(N(c4ccccc4)c4ccccc4)cc3)cc2C(=O)N1CCc1ccncc1. The number of hydrogen-bond acceptors (Lipinski definition) is 4. The van der Waals surface area contributed by atoms with Crippen molar-refractivity contribution < 1.29 is 9.59 Å². The molecular weight excluding hydrogens is 470 g/mol. The lowest BCUT2D eigenvalue weighted by Gasteiger charge is -2.25. The van der Waals surface area contributed by atoms with Gasteiger partial charge >= 0.3 is 0 Å². The molecule has 0 fully saturated rings. The van der Waals surface area contributed by atoms with Gasteiger partial charge in [0.1, 0.15) is 0 Å². The summed E-state index contributed by atoms with van der Waals surface area (Å²) in [6.45, 7) is 0.342. The molecule has 0 aliphatic carbocycles. The maximum absolute atomic E-state index is 13.2. The summed E-state index contributed by atoms with van der Waals surface area (Å²) in [5, 5.41) is 0. The first kappa shape index (κ1) is 23.4. The van der Waals surface area contributed by atoms with Crippen molar-refractivity contribution in [2.75, 3.05) is 11.4 Å². The second kappa shape index (κ2) is 10.1. The standard InChI is InChI=1S/C33H25N3O2/c37-32-30-16-13-26(23-31(30)33(38)35(32)22-19-24-17-20-34-21-18-24)25-11-14-29(15-12-25)36(27-7-3-1-4-8-27)28-9-5-2-6-10-28/h1-18,20-21,23H,19,22H2. The van der Waals surface area contributed by atoms with Gasteiger partial charge in [-0.25, -0.2) is 0 Å². The average molecular weight is 496 g/mol. The number of aromatic nitrogens is 1. The Morgan fingerprint density at radius 2 is 1.13 bits per heavy atom. The summed E-state index contributed by atoms with van der Waals surface area (Å²) in [5.74, 6) is -0.473. The molecule has 5 aromatic rings. The largest absolute Gasteiger partial charge is 0.311 e. The number of pyridine rings is 1. The van der Waals surface area contributed by atoms with Crippen LogP contribution in [0, 0.1) is 0 Å². The third-order valence-electron chi connectivity index (χ3n) is 6.83. The molecule has 38 heavy (non-hydrogen) atoms. The number of benzene rings is 4. The Hall–Kier alpha value is -5.03. The van der Waals surface area contributed by atoms with Gasteiger partial charge in [-0.3, -0.25) is 19.5 Å². The molecule has 5 nitrogen and oxygen atoms in total. The molecule has 2 heterocycles. The number of rotatable bonds is 7. The average Bonchev–Trinajstić information content (AvgIpc) is 3.22. The predicted octanol–water partition coefficient (Wildman–Crippen LogP) is 7.06. The predicted molar refractivity (Wildman–Crippen MR) is 150 cm³/mol. The molecule has 0 bridgehead atoms. The molecule has 0 spiro atoms. The van der Waals surface area contributed by atoms with Crippen molar-refractivity contribution in [3.8, 4) is 11.1 Å². The Morgan fingerprint density at radius 3 is 1.76 bits per heavy atom. The van der Waals surface area contributed by atoms with Crippen LogP contribution in [-0.2, 0) is 6.42 Å². The molecule has 0 saturated carbocycles. The van der Waals surface area contributed by atoms with Crippen LogP contribution in [0.15, 0.2) is 128 Å². The van der Waals surface area contributed by atoms with E-state index in [-0.39, 0.29) is 11.8 Å². The molecule has 0 N–H and O–H groups in total. The van der Waals surface area contributed by atoms with Gasteiger partial charge in [0.15, 0.2) is 0 Å². The van der Waals surface area contributed by atoms with Gasteiger partial charge in [-0.15, -0.1) is 0 Å². The number of carbonyl (C=O) groups is 2. The fraction of sp³-hybridized carbons (Fsp3) is 0.0606. The van der Waals surface area contributed by atoms with Crippen molar-refractivity contribution in [1.82, 2.24) is 9.88 Å². The lowest BCUT2D eigenvalue weighted by Crippen LogP contribution is -2.31.